The molecule has 8 aromatic rings. The van der Waals surface area contributed by atoms with Gasteiger partial charge in [-0.05, 0) is 138 Å². The molecular formula is C64H60O4S2. The molecule has 0 saturated heterocycles. The molecule has 2 aliphatic carbocycles. The molecule has 0 atom stereocenters. The average Bonchev–Trinajstić information content (AvgIpc) is 4.07. The third kappa shape index (κ3) is 7.70. The molecular weight excluding hydrogens is 897 g/mol. The lowest BCUT2D eigenvalue weighted by Gasteiger charge is -2.23. The van der Waals surface area contributed by atoms with Gasteiger partial charge in [-0.3, -0.25) is 19.2 Å². The molecule has 70 heavy (non-hydrogen) atoms. The van der Waals surface area contributed by atoms with Crippen molar-refractivity contribution < 1.29 is 19.2 Å². The smallest absolute Gasteiger partial charge is 0.199 e. The number of ketones is 4. The largest absolute Gasteiger partial charge is 0.288 e. The third-order valence-electron chi connectivity index (χ3n) is 14.6. The number of Topliss-reactive ketones (excluding diaryl/α,β-unsaturated/α-hetero) is 4. The number of carbonyl (C=O) groups is 4. The Balaban J connectivity index is 1.43. The predicted octanol–water partition coefficient (Wildman–Crippen LogP) is 15.9. The van der Waals surface area contributed by atoms with E-state index in [1.807, 2.05) is 72.8 Å². The van der Waals surface area contributed by atoms with Gasteiger partial charge < -0.3 is 0 Å². The number of rotatable bonds is 8. The topological polar surface area (TPSA) is 68.3 Å². The second-order valence-electron chi connectivity index (χ2n) is 21.3. The quantitative estimate of drug-likeness (QED) is 0.152. The molecule has 4 nitrogen and oxygen atoms in total. The van der Waals surface area contributed by atoms with E-state index in [1.165, 1.54) is 56.1 Å². The van der Waals surface area contributed by atoms with Crippen molar-refractivity contribution >= 4 is 78.5 Å². The zero-order valence-electron chi connectivity index (χ0n) is 42.3. The highest BCUT2D eigenvalue weighted by atomic mass is 32.1. The van der Waals surface area contributed by atoms with Gasteiger partial charge in [-0.15, -0.1) is 22.7 Å². The highest BCUT2D eigenvalue weighted by Gasteiger charge is 2.37. The van der Waals surface area contributed by atoms with Crippen LogP contribution in [0.15, 0.2) is 109 Å². The lowest BCUT2D eigenvalue weighted by molar-refractivity contribution is 0.101. The molecule has 0 saturated carbocycles. The summed E-state index contributed by atoms with van der Waals surface area (Å²) < 4.78 is 3.05. The molecule has 6 aromatic carbocycles. The lowest BCUT2D eigenvalue weighted by Crippen LogP contribution is -2.10. The second kappa shape index (κ2) is 17.8. The van der Waals surface area contributed by atoms with Crippen molar-refractivity contribution in [3.8, 4) is 22.3 Å². The van der Waals surface area contributed by atoms with Gasteiger partial charge in [0, 0.05) is 42.4 Å². The maximum atomic E-state index is 14.8. The summed E-state index contributed by atoms with van der Waals surface area (Å²) >= 11 is 2.97. The van der Waals surface area contributed by atoms with Gasteiger partial charge in [0.05, 0.1) is 20.2 Å². The summed E-state index contributed by atoms with van der Waals surface area (Å²) in [7, 11) is 0. The van der Waals surface area contributed by atoms with Crippen LogP contribution in [0.2, 0.25) is 0 Å². The van der Waals surface area contributed by atoms with Crippen molar-refractivity contribution in [3.05, 3.63) is 183 Å². The van der Waals surface area contributed by atoms with Crippen molar-refractivity contribution in [2.24, 2.45) is 0 Å². The van der Waals surface area contributed by atoms with Gasteiger partial charge in [0.15, 0.2) is 23.1 Å². The molecule has 0 bridgehead atoms. The lowest BCUT2D eigenvalue weighted by atomic mass is 9.81. The minimum atomic E-state index is -0.267. The number of hydrogen-bond donors (Lipinski definition) is 0. The zero-order valence-corrected chi connectivity index (χ0v) is 43.9. The van der Waals surface area contributed by atoms with Gasteiger partial charge in [-0.25, -0.2) is 0 Å². The van der Waals surface area contributed by atoms with E-state index >= 15 is 0 Å². The first-order chi connectivity index (χ1) is 33.3. The Kier molecular flexibility index (Phi) is 12.0. The third-order valence-corrected chi connectivity index (χ3v) is 17.1. The number of fused-ring (bicyclic) bond motifs is 4. The van der Waals surface area contributed by atoms with E-state index in [9.17, 15) is 19.2 Å². The molecule has 10 rings (SSSR count). The Labute approximate surface area is 419 Å². The van der Waals surface area contributed by atoms with Gasteiger partial charge in [-0.2, -0.15) is 0 Å². The van der Waals surface area contributed by atoms with Crippen molar-refractivity contribution in [1.82, 2.24) is 0 Å². The Bertz CT molecular complexity index is 3390. The van der Waals surface area contributed by atoms with Crippen LogP contribution in [-0.4, -0.2) is 23.1 Å². The SMILES string of the molecule is CC(C)c1cc(C(C)C)c(-c2cc(=C3C(=O)c4cc5ccccc5cc4C3=O)s/c2=c2/sc(=C3C(=O)c4cc5ccccc5cc4C3=O)cc2-c2c(C(C)C)cc(C(C)C)cc2C(C)C)c(C(C)C)c1. The van der Waals surface area contributed by atoms with Gasteiger partial charge in [0.1, 0.15) is 0 Å². The molecule has 0 spiro atoms. The summed E-state index contributed by atoms with van der Waals surface area (Å²) in [4.78, 5) is 59.4. The van der Waals surface area contributed by atoms with Crippen molar-refractivity contribution in [3.63, 3.8) is 0 Å². The fourth-order valence-electron chi connectivity index (χ4n) is 10.7. The standard InChI is InChI=1S/C64H60O4S2/c1-31(2)41-25-43(33(5)6)55(44(26-41)34(7)8)51-29-53(57-59(65)47-21-37-17-13-14-18-38(37)22-48(47)60(57)66)69-63(51)64-52(56-45(35(9)10)27-42(32(3)4)28-46(56)36(11)12)30-54(70-64)58-61(67)49-23-39-19-15-16-20-40(39)24-50(49)62(58)68/h13-36H,1-12H3/b64-63+. The van der Waals surface area contributed by atoms with Crippen LogP contribution in [0.3, 0.4) is 0 Å². The summed E-state index contributed by atoms with van der Waals surface area (Å²) in [6, 6.07) is 36.8. The maximum absolute atomic E-state index is 14.8. The molecule has 0 aliphatic heterocycles. The molecule has 0 N–H and O–H groups in total. The molecule has 352 valence electrons. The zero-order chi connectivity index (χ0) is 49.8. The molecule has 2 aliphatic rings. The first-order valence-electron chi connectivity index (χ1n) is 25.0. The van der Waals surface area contributed by atoms with Gasteiger partial charge >= 0.3 is 0 Å². The van der Waals surface area contributed by atoms with Crippen LogP contribution in [0.1, 0.15) is 193 Å². The second-order valence-corrected chi connectivity index (χ2v) is 23.4. The average molecular weight is 957 g/mol. The Morgan fingerprint density at radius 2 is 0.571 bits per heavy atom. The molecule has 2 heterocycles. The van der Waals surface area contributed by atoms with E-state index in [-0.39, 0.29) is 58.0 Å². The summed E-state index contributed by atoms with van der Waals surface area (Å²) in [5.74, 6) is 0.0862. The van der Waals surface area contributed by atoms with Gasteiger partial charge in [-0.1, -0.05) is 156 Å². The van der Waals surface area contributed by atoms with Crippen LogP contribution in [0, 0.1) is 9.06 Å². The van der Waals surface area contributed by atoms with Crippen molar-refractivity contribution in [1.29, 1.82) is 0 Å². The number of thiophene rings is 2. The molecule has 2 aromatic heterocycles. The number of carbonyl (C=O) groups excluding carboxylic acids is 4. The first kappa shape index (κ1) is 47.3. The minimum Gasteiger partial charge on any atom is -0.288 e. The summed E-state index contributed by atoms with van der Waals surface area (Å²) in [6.45, 7) is 26.9. The maximum Gasteiger partial charge on any atom is 0.199 e. The van der Waals surface area contributed by atoms with Crippen molar-refractivity contribution in [2.45, 2.75) is 119 Å². The minimum absolute atomic E-state index is 0.141. The van der Waals surface area contributed by atoms with Gasteiger partial charge in [0.2, 0.25) is 0 Å². The summed E-state index contributed by atoms with van der Waals surface area (Å²) in [5, 5.41) is 3.65. The molecule has 0 radical (unpaired) electrons. The van der Waals surface area contributed by atoms with Crippen LogP contribution < -0.4 is 9.06 Å². The van der Waals surface area contributed by atoms with Gasteiger partial charge in [0.25, 0.3) is 0 Å². The van der Waals surface area contributed by atoms with Crippen LogP contribution in [-0.2, 0) is 0 Å². The van der Waals surface area contributed by atoms with Crippen molar-refractivity contribution in [2.75, 3.05) is 0 Å². The molecule has 0 fully saturated rings. The Morgan fingerprint density at radius 1 is 0.314 bits per heavy atom. The monoisotopic (exact) mass is 956 g/mol. The highest BCUT2D eigenvalue weighted by molar-refractivity contribution is 7.12. The fraction of sp³-hybridized carbons (Fsp3) is 0.281. The Hall–Kier alpha value is -6.34. The first-order valence-corrected chi connectivity index (χ1v) is 26.6. The van der Waals surface area contributed by atoms with E-state index in [0.717, 1.165) is 52.9 Å². The fourth-order valence-corrected chi connectivity index (χ4v) is 13.3. The van der Waals surface area contributed by atoms with Crippen LogP contribution >= 0.6 is 22.7 Å². The van der Waals surface area contributed by atoms with E-state index in [1.54, 1.807) is 0 Å². The van der Waals surface area contributed by atoms with Crippen LogP contribution in [0.4, 0.5) is 0 Å². The summed E-state index contributed by atoms with van der Waals surface area (Å²) in [6.07, 6.45) is 0. The number of benzene rings is 6. The Morgan fingerprint density at radius 3 is 0.800 bits per heavy atom. The van der Waals surface area contributed by atoms with E-state index < -0.39 is 0 Å². The predicted molar refractivity (Wildman–Crippen MR) is 293 cm³/mol. The van der Waals surface area contributed by atoms with Crippen LogP contribution in [0.25, 0.3) is 54.9 Å². The van der Waals surface area contributed by atoms with E-state index in [0.29, 0.717) is 43.2 Å². The number of hydrogen-bond acceptors (Lipinski definition) is 6. The highest BCUT2D eigenvalue weighted by Crippen LogP contribution is 2.44. The van der Waals surface area contributed by atoms with E-state index in [2.05, 4.69) is 119 Å². The molecule has 0 amide bonds. The normalized spacial score (nSPS) is 14.5. The summed E-state index contributed by atoms with van der Waals surface area (Å²) in [5.41, 5.74) is 13.5. The molecule has 0 unspecified atom stereocenters. The van der Waals surface area contributed by atoms with E-state index in [4.69, 9.17) is 0 Å². The van der Waals surface area contributed by atoms with Crippen LogP contribution in [0.5, 0.6) is 0 Å². The molecule has 6 heteroatoms.